The van der Waals surface area contributed by atoms with E-state index in [2.05, 4.69) is 30.1 Å². The molecule has 0 aliphatic carbocycles. The molecule has 1 fully saturated rings. The zero-order chi connectivity index (χ0) is 12.7. The molecule has 98 valence electrons. The van der Waals surface area contributed by atoms with E-state index in [0.29, 0.717) is 12.3 Å². The van der Waals surface area contributed by atoms with Crippen LogP contribution in [0, 0.1) is 5.92 Å². The molecule has 0 saturated carbocycles. The number of hydrogen-bond donors (Lipinski definition) is 1. The highest BCUT2D eigenvalue weighted by Gasteiger charge is 2.23. The summed E-state index contributed by atoms with van der Waals surface area (Å²) >= 11 is 0. The maximum absolute atomic E-state index is 11.3. The number of rotatable bonds is 6. The lowest BCUT2D eigenvalue weighted by Gasteiger charge is -2.14. The van der Waals surface area contributed by atoms with Crippen LogP contribution in [-0.4, -0.2) is 37.5 Å². The van der Waals surface area contributed by atoms with E-state index < -0.39 is 0 Å². The van der Waals surface area contributed by atoms with Crippen molar-refractivity contribution in [2.75, 3.05) is 26.7 Å². The van der Waals surface area contributed by atoms with Crippen LogP contribution in [0.3, 0.4) is 0 Å². The van der Waals surface area contributed by atoms with Gasteiger partial charge in [-0.3, -0.25) is 4.79 Å². The summed E-state index contributed by atoms with van der Waals surface area (Å²) in [5, 5.41) is 2.71. The van der Waals surface area contributed by atoms with Crippen LogP contribution in [0.1, 0.15) is 39.5 Å². The lowest BCUT2D eigenvalue weighted by Crippen LogP contribution is -2.25. The summed E-state index contributed by atoms with van der Waals surface area (Å²) in [6.07, 6.45) is 6.50. The summed E-state index contributed by atoms with van der Waals surface area (Å²) < 4.78 is 0. The highest BCUT2D eigenvalue weighted by atomic mass is 16.1. The molecule has 0 spiro atoms. The molecule has 1 rings (SSSR count). The Labute approximate surface area is 105 Å². The van der Waals surface area contributed by atoms with Gasteiger partial charge in [-0.1, -0.05) is 18.6 Å². The zero-order valence-electron chi connectivity index (χ0n) is 11.5. The van der Waals surface area contributed by atoms with Gasteiger partial charge in [-0.15, -0.1) is 0 Å². The third-order valence-corrected chi connectivity index (χ3v) is 3.62. The monoisotopic (exact) mass is 238 g/mol. The fraction of sp³-hybridized carbons (Fsp3) is 0.786. The van der Waals surface area contributed by atoms with Crippen molar-refractivity contribution in [1.29, 1.82) is 0 Å². The van der Waals surface area contributed by atoms with Crippen molar-refractivity contribution in [2.24, 2.45) is 5.92 Å². The molecule has 1 aliphatic rings. The highest BCUT2D eigenvalue weighted by molar-refractivity contribution is 5.75. The Morgan fingerprint density at radius 3 is 2.94 bits per heavy atom. The molecule has 0 aromatic carbocycles. The number of likely N-dealkylation sites (tertiary alicyclic amines) is 1. The predicted molar refractivity (Wildman–Crippen MR) is 71.9 cm³/mol. The topological polar surface area (TPSA) is 32.3 Å². The summed E-state index contributed by atoms with van der Waals surface area (Å²) in [5.74, 6) is 0.741. The van der Waals surface area contributed by atoms with Crippen molar-refractivity contribution in [2.45, 2.75) is 39.5 Å². The summed E-state index contributed by atoms with van der Waals surface area (Å²) in [7, 11) is 1.72. The Bertz CT molecular complexity index is 273. The molecule has 1 unspecified atom stereocenters. The van der Waals surface area contributed by atoms with Gasteiger partial charge in [0.15, 0.2) is 0 Å². The molecule has 3 nitrogen and oxygen atoms in total. The largest absolute Gasteiger partial charge is 0.359 e. The van der Waals surface area contributed by atoms with E-state index in [0.717, 1.165) is 32.5 Å². The third-order valence-electron chi connectivity index (χ3n) is 3.62. The number of carbonyl (C=O) groups excluding carboxylic acids is 1. The predicted octanol–water partition coefficient (Wildman–Crippen LogP) is 2.19. The molecule has 0 bridgehead atoms. The minimum Gasteiger partial charge on any atom is -0.359 e. The Balaban J connectivity index is 2.19. The third kappa shape index (κ3) is 5.35. The van der Waals surface area contributed by atoms with Crippen LogP contribution >= 0.6 is 0 Å². The minimum absolute atomic E-state index is 0.179. The fourth-order valence-corrected chi connectivity index (χ4v) is 2.28. The molecule has 3 heteroatoms. The highest BCUT2D eigenvalue weighted by Crippen LogP contribution is 2.19. The van der Waals surface area contributed by atoms with Gasteiger partial charge >= 0.3 is 0 Å². The normalized spacial score (nSPS) is 21.8. The second-order valence-corrected chi connectivity index (χ2v) is 5.03. The Hall–Kier alpha value is -0.830. The number of amides is 1. The molecule has 1 heterocycles. The van der Waals surface area contributed by atoms with Crippen LogP contribution in [0.5, 0.6) is 0 Å². The Morgan fingerprint density at radius 1 is 1.53 bits per heavy atom. The maximum atomic E-state index is 11.3. The van der Waals surface area contributed by atoms with Crippen LogP contribution in [-0.2, 0) is 4.79 Å². The average molecular weight is 238 g/mol. The van der Waals surface area contributed by atoms with Crippen molar-refractivity contribution in [1.82, 2.24) is 10.2 Å². The second-order valence-electron chi connectivity index (χ2n) is 5.03. The first kappa shape index (κ1) is 14.2. The van der Waals surface area contributed by atoms with Gasteiger partial charge in [0.25, 0.3) is 0 Å². The van der Waals surface area contributed by atoms with E-state index in [4.69, 9.17) is 0 Å². The SMILES string of the molecule is CCC(C)=CCCN1CCC(CC(=O)NC)C1. The minimum atomic E-state index is 0.179. The molecular formula is C14H26N2O. The van der Waals surface area contributed by atoms with E-state index in [1.54, 1.807) is 7.05 Å². The first-order valence-electron chi connectivity index (χ1n) is 6.74. The lowest BCUT2D eigenvalue weighted by molar-refractivity contribution is -0.121. The van der Waals surface area contributed by atoms with Crippen molar-refractivity contribution >= 4 is 5.91 Å². The van der Waals surface area contributed by atoms with Gasteiger partial charge in [-0.25, -0.2) is 0 Å². The number of nitrogens with one attached hydrogen (secondary N) is 1. The molecule has 0 aromatic heterocycles. The number of allylic oxidation sites excluding steroid dienone is 1. The van der Waals surface area contributed by atoms with Crippen molar-refractivity contribution in [3.8, 4) is 0 Å². The van der Waals surface area contributed by atoms with Gasteiger partial charge in [-0.2, -0.15) is 0 Å². The smallest absolute Gasteiger partial charge is 0.220 e. The Kier molecular flexibility index (Phi) is 6.27. The molecule has 1 amide bonds. The standard InChI is InChI=1S/C14H26N2O/c1-4-12(2)6-5-8-16-9-7-13(11-16)10-14(17)15-3/h6,13H,4-5,7-11H2,1-3H3,(H,15,17). The van der Waals surface area contributed by atoms with Gasteiger partial charge < -0.3 is 10.2 Å². The number of nitrogens with zero attached hydrogens (tertiary/aromatic N) is 1. The van der Waals surface area contributed by atoms with Gasteiger partial charge in [0.2, 0.25) is 5.91 Å². The van der Waals surface area contributed by atoms with Gasteiger partial charge in [-0.05, 0) is 38.6 Å². The molecule has 0 radical (unpaired) electrons. The van der Waals surface area contributed by atoms with Gasteiger partial charge in [0.05, 0.1) is 0 Å². The summed E-state index contributed by atoms with van der Waals surface area (Å²) in [4.78, 5) is 13.8. The summed E-state index contributed by atoms with van der Waals surface area (Å²) in [6, 6.07) is 0. The summed E-state index contributed by atoms with van der Waals surface area (Å²) in [6.45, 7) is 7.77. The van der Waals surface area contributed by atoms with Gasteiger partial charge in [0, 0.05) is 26.6 Å². The molecule has 1 N–H and O–H groups in total. The quantitative estimate of drug-likeness (QED) is 0.719. The Morgan fingerprint density at radius 2 is 2.29 bits per heavy atom. The first-order chi connectivity index (χ1) is 8.15. The molecule has 1 saturated heterocycles. The van der Waals surface area contributed by atoms with E-state index in [1.165, 1.54) is 12.0 Å². The molecule has 0 aromatic rings. The number of hydrogen-bond acceptors (Lipinski definition) is 2. The zero-order valence-corrected chi connectivity index (χ0v) is 11.5. The van der Waals surface area contributed by atoms with Crippen LogP contribution in [0.2, 0.25) is 0 Å². The summed E-state index contributed by atoms with van der Waals surface area (Å²) in [5.41, 5.74) is 1.48. The van der Waals surface area contributed by atoms with Crippen molar-refractivity contribution < 1.29 is 4.79 Å². The average Bonchev–Trinajstić information content (AvgIpc) is 2.76. The maximum Gasteiger partial charge on any atom is 0.220 e. The van der Waals surface area contributed by atoms with Crippen LogP contribution < -0.4 is 5.32 Å². The molecule has 1 atom stereocenters. The van der Waals surface area contributed by atoms with Crippen molar-refractivity contribution in [3.63, 3.8) is 0 Å². The molecule has 1 aliphatic heterocycles. The van der Waals surface area contributed by atoms with Gasteiger partial charge in [0.1, 0.15) is 0 Å². The molecule has 17 heavy (non-hydrogen) atoms. The van der Waals surface area contributed by atoms with Crippen LogP contribution in [0.25, 0.3) is 0 Å². The molecular weight excluding hydrogens is 212 g/mol. The first-order valence-corrected chi connectivity index (χ1v) is 6.74. The van der Waals surface area contributed by atoms with Crippen molar-refractivity contribution in [3.05, 3.63) is 11.6 Å². The van der Waals surface area contributed by atoms with Crippen LogP contribution in [0.4, 0.5) is 0 Å². The second kappa shape index (κ2) is 7.49. The van der Waals surface area contributed by atoms with E-state index in [-0.39, 0.29) is 5.91 Å². The lowest BCUT2D eigenvalue weighted by atomic mass is 10.0. The fourth-order valence-electron chi connectivity index (χ4n) is 2.28. The van der Waals surface area contributed by atoms with E-state index in [1.807, 2.05) is 0 Å². The van der Waals surface area contributed by atoms with Crippen LogP contribution in [0.15, 0.2) is 11.6 Å². The van der Waals surface area contributed by atoms with E-state index in [9.17, 15) is 4.79 Å². The van der Waals surface area contributed by atoms with E-state index >= 15 is 0 Å². The number of carbonyl (C=O) groups is 1.